The second kappa shape index (κ2) is 12.2. The summed E-state index contributed by atoms with van der Waals surface area (Å²) in [6, 6.07) is 0.431. The van der Waals surface area contributed by atoms with Gasteiger partial charge in [-0.2, -0.15) is 0 Å². The lowest BCUT2D eigenvalue weighted by Crippen LogP contribution is -2.46. The summed E-state index contributed by atoms with van der Waals surface area (Å²) in [6.45, 7) is 8.90. The second-order valence-corrected chi connectivity index (χ2v) is 8.22. The molecule has 0 aromatic carbocycles. The molecule has 1 fully saturated rings. The number of rotatable bonds is 6. The van der Waals surface area contributed by atoms with Crippen LogP contribution in [0.15, 0.2) is 4.99 Å². The number of aryl methyl sites for hydroxylation is 1. The van der Waals surface area contributed by atoms with E-state index in [2.05, 4.69) is 31.1 Å². The summed E-state index contributed by atoms with van der Waals surface area (Å²) in [5.74, 6) is 2.41. The zero-order valence-electron chi connectivity index (χ0n) is 18.2. The van der Waals surface area contributed by atoms with Gasteiger partial charge in [-0.1, -0.05) is 19.3 Å². The van der Waals surface area contributed by atoms with Crippen LogP contribution in [0.5, 0.6) is 0 Å². The molecule has 29 heavy (non-hydrogen) atoms. The van der Waals surface area contributed by atoms with Gasteiger partial charge in [-0.05, 0) is 40.5 Å². The Balaban J connectivity index is 0.00000420. The Morgan fingerprint density at radius 3 is 2.41 bits per heavy atom. The third-order valence-electron chi connectivity index (χ3n) is 4.59. The van der Waals surface area contributed by atoms with E-state index in [1.807, 2.05) is 39.3 Å². The molecule has 2 rings (SSSR count). The van der Waals surface area contributed by atoms with Crippen LogP contribution in [0.3, 0.4) is 0 Å². The predicted molar refractivity (Wildman–Crippen MR) is 125 cm³/mol. The Labute approximate surface area is 190 Å². The van der Waals surface area contributed by atoms with Crippen molar-refractivity contribution < 1.29 is 9.53 Å². The SMILES string of the molecule is Cc1nnc(CN=C(NCCNC(=O)OC(C)(C)C)NC2CCCCC2)n1C.I. The van der Waals surface area contributed by atoms with E-state index in [1.165, 1.54) is 19.3 Å². The lowest BCUT2D eigenvalue weighted by Gasteiger charge is -2.25. The first-order valence-electron chi connectivity index (χ1n) is 10.1. The van der Waals surface area contributed by atoms with E-state index in [0.29, 0.717) is 25.7 Å². The third kappa shape index (κ3) is 9.64. The van der Waals surface area contributed by atoms with Gasteiger partial charge in [0.1, 0.15) is 18.0 Å². The highest BCUT2D eigenvalue weighted by atomic mass is 127. The number of alkyl carbamates (subject to hydrolysis) is 1. The fourth-order valence-electron chi connectivity index (χ4n) is 2.99. The monoisotopic (exact) mass is 521 g/mol. The maximum atomic E-state index is 11.7. The van der Waals surface area contributed by atoms with Gasteiger partial charge >= 0.3 is 6.09 Å². The highest BCUT2D eigenvalue weighted by molar-refractivity contribution is 14.0. The Morgan fingerprint density at radius 1 is 1.17 bits per heavy atom. The van der Waals surface area contributed by atoms with Crippen LogP contribution in [-0.4, -0.2) is 51.5 Å². The van der Waals surface area contributed by atoms with Gasteiger partial charge in [0, 0.05) is 26.2 Å². The number of carbonyl (C=O) groups is 1. The number of halogens is 1. The Kier molecular flexibility index (Phi) is 10.7. The molecule has 0 radical (unpaired) electrons. The van der Waals surface area contributed by atoms with E-state index in [0.717, 1.165) is 30.5 Å². The number of nitrogens with one attached hydrogen (secondary N) is 3. The van der Waals surface area contributed by atoms with Crippen LogP contribution in [0.2, 0.25) is 0 Å². The summed E-state index contributed by atoms with van der Waals surface area (Å²) in [5, 5.41) is 17.8. The molecule has 0 bridgehead atoms. The van der Waals surface area contributed by atoms with Crippen LogP contribution < -0.4 is 16.0 Å². The van der Waals surface area contributed by atoms with Gasteiger partial charge in [0.05, 0.1) is 0 Å². The number of hydrogen-bond acceptors (Lipinski definition) is 5. The van der Waals surface area contributed by atoms with Crippen molar-refractivity contribution in [2.24, 2.45) is 12.0 Å². The lowest BCUT2D eigenvalue weighted by atomic mass is 9.96. The Hall–Kier alpha value is -1.59. The van der Waals surface area contributed by atoms with E-state index in [4.69, 9.17) is 4.74 Å². The molecule has 1 aromatic heterocycles. The highest BCUT2D eigenvalue weighted by Gasteiger charge is 2.17. The fraction of sp³-hybridized carbons (Fsp3) is 0.789. The summed E-state index contributed by atoms with van der Waals surface area (Å²) in [7, 11) is 1.94. The summed E-state index contributed by atoms with van der Waals surface area (Å²) >= 11 is 0. The number of aromatic nitrogens is 3. The van der Waals surface area contributed by atoms with Gasteiger partial charge in [0.15, 0.2) is 11.8 Å². The van der Waals surface area contributed by atoms with Crippen molar-refractivity contribution in [3.8, 4) is 0 Å². The molecule has 1 heterocycles. The molecule has 0 atom stereocenters. The number of amides is 1. The molecule has 0 unspecified atom stereocenters. The molecular weight excluding hydrogens is 485 g/mol. The number of aliphatic imine (C=N–C) groups is 1. The quantitative estimate of drug-likeness (QED) is 0.230. The van der Waals surface area contributed by atoms with Crippen molar-refractivity contribution in [3.63, 3.8) is 0 Å². The molecule has 0 saturated heterocycles. The van der Waals surface area contributed by atoms with Crippen LogP contribution in [-0.2, 0) is 18.3 Å². The third-order valence-corrected chi connectivity index (χ3v) is 4.59. The molecule has 1 aliphatic rings. The normalized spacial score (nSPS) is 15.4. The number of carbonyl (C=O) groups excluding carboxylic acids is 1. The summed E-state index contributed by atoms with van der Waals surface area (Å²) in [4.78, 5) is 16.4. The molecule has 3 N–H and O–H groups in total. The topological polar surface area (TPSA) is 105 Å². The first-order chi connectivity index (χ1) is 13.2. The second-order valence-electron chi connectivity index (χ2n) is 8.22. The minimum absolute atomic E-state index is 0. The number of ether oxygens (including phenoxy) is 1. The molecule has 1 amide bonds. The van der Waals surface area contributed by atoms with E-state index >= 15 is 0 Å². The van der Waals surface area contributed by atoms with Gasteiger partial charge in [-0.25, -0.2) is 9.79 Å². The molecule has 9 nitrogen and oxygen atoms in total. The number of hydrogen-bond donors (Lipinski definition) is 3. The van der Waals surface area contributed by atoms with Gasteiger partial charge in [-0.15, -0.1) is 34.2 Å². The summed E-state index contributed by atoms with van der Waals surface area (Å²) in [5.41, 5.74) is -0.499. The first-order valence-corrected chi connectivity index (χ1v) is 10.1. The molecule has 10 heteroatoms. The molecule has 0 spiro atoms. The molecule has 166 valence electrons. The number of guanidine groups is 1. The van der Waals surface area contributed by atoms with Crippen LogP contribution >= 0.6 is 24.0 Å². The maximum Gasteiger partial charge on any atom is 0.407 e. The van der Waals surface area contributed by atoms with E-state index in [1.54, 1.807) is 0 Å². The minimum Gasteiger partial charge on any atom is -0.444 e. The Bertz CT molecular complexity index is 664. The van der Waals surface area contributed by atoms with Crippen molar-refractivity contribution >= 4 is 36.0 Å². The summed E-state index contributed by atoms with van der Waals surface area (Å²) in [6.07, 6.45) is 5.68. The predicted octanol–water partition coefficient (Wildman–Crippen LogP) is 2.63. The maximum absolute atomic E-state index is 11.7. The van der Waals surface area contributed by atoms with E-state index in [-0.39, 0.29) is 24.0 Å². The van der Waals surface area contributed by atoms with Crippen molar-refractivity contribution in [2.45, 2.75) is 78.0 Å². The van der Waals surface area contributed by atoms with Crippen LogP contribution in [0.4, 0.5) is 4.79 Å². The van der Waals surface area contributed by atoms with Crippen molar-refractivity contribution in [2.75, 3.05) is 13.1 Å². The van der Waals surface area contributed by atoms with Gasteiger partial charge in [0.2, 0.25) is 0 Å². The first kappa shape index (κ1) is 25.4. The van der Waals surface area contributed by atoms with Crippen LogP contribution in [0.25, 0.3) is 0 Å². The molecule has 1 aromatic rings. The highest BCUT2D eigenvalue weighted by Crippen LogP contribution is 2.17. The van der Waals surface area contributed by atoms with Gasteiger partial charge in [0.25, 0.3) is 0 Å². The minimum atomic E-state index is -0.499. The lowest BCUT2D eigenvalue weighted by molar-refractivity contribution is 0.0529. The molecule has 1 saturated carbocycles. The van der Waals surface area contributed by atoms with E-state index < -0.39 is 11.7 Å². The molecule has 0 aliphatic heterocycles. The van der Waals surface area contributed by atoms with Crippen LogP contribution in [0, 0.1) is 6.92 Å². The Morgan fingerprint density at radius 2 is 1.83 bits per heavy atom. The van der Waals surface area contributed by atoms with Crippen molar-refractivity contribution in [1.82, 2.24) is 30.7 Å². The van der Waals surface area contributed by atoms with Crippen molar-refractivity contribution in [3.05, 3.63) is 11.6 Å². The van der Waals surface area contributed by atoms with Crippen molar-refractivity contribution in [1.29, 1.82) is 0 Å². The van der Waals surface area contributed by atoms with Crippen LogP contribution in [0.1, 0.15) is 64.5 Å². The average molecular weight is 521 g/mol. The average Bonchev–Trinajstić information content (AvgIpc) is 2.94. The summed E-state index contributed by atoms with van der Waals surface area (Å²) < 4.78 is 7.18. The fourth-order valence-corrected chi connectivity index (χ4v) is 2.99. The largest absolute Gasteiger partial charge is 0.444 e. The zero-order chi connectivity index (χ0) is 20.6. The molecule has 1 aliphatic carbocycles. The standard InChI is InChI=1S/C19H35N7O2.HI/c1-14-24-25-16(26(14)5)13-22-17(23-15-9-7-6-8-10-15)20-11-12-21-18(27)28-19(2,3)4;/h15H,6-13H2,1-5H3,(H,21,27)(H2,20,22,23);1H. The number of nitrogens with zero attached hydrogens (tertiary/aromatic N) is 4. The van der Waals surface area contributed by atoms with E-state index in [9.17, 15) is 4.79 Å². The van der Waals surface area contributed by atoms with Gasteiger partial charge in [-0.3, -0.25) is 0 Å². The smallest absolute Gasteiger partial charge is 0.407 e. The zero-order valence-corrected chi connectivity index (χ0v) is 20.6. The van der Waals surface area contributed by atoms with Gasteiger partial charge < -0.3 is 25.3 Å². The molecular formula is C19H36IN7O2.